The molecule has 0 aliphatic heterocycles. The Morgan fingerprint density at radius 2 is 1.07 bits per heavy atom. The van der Waals surface area contributed by atoms with E-state index in [9.17, 15) is 74.4 Å². The summed E-state index contributed by atoms with van der Waals surface area (Å²) < 4.78 is 208. The molecule has 1 atom stereocenters. The maximum Gasteiger partial charge on any atom is 1.00 e. The summed E-state index contributed by atoms with van der Waals surface area (Å²) in [5, 5.41) is -7.57. The normalized spacial score (nSPS) is 16.5. The average molecular weight is 466 g/mol. The zero-order chi connectivity index (χ0) is 22.5. The number of halogens is 14. The molecule has 3 nitrogen and oxygen atoms in total. The second kappa shape index (κ2) is 7.99. The van der Waals surface area contributed by atoms with Crippen LogP contribution in [0.1, 0.15) is 12.8 Å². The van der Waals surface area contributed by atoms with Gasteiger partial charge in [0.1, 0.15) is 0 Å². The molecule has 0 aromatic carbocycles. The van der Waals surface area contributed by atoms with Gasteiger partial charge >= 0.3 is 54.0 Å². The molecule has 0 fully saturated rings. The summed E-state index contributed by atoms with van der Waals surface area (Å²) in [6, 6.07) is 0. The average Bonchev–Trinajstić information content (AvgIpc) is 2.41. The Kier molecular flexibility index (Phi) is 8.48. The van der Waals surface area contributed by atoms with Crippen LogP contribution in [-0.2, 0) is 10.1 Å². The van der Waals surface area contributed by atoms with Crippen LogP contribution in [0, 0.1) is 0 Å². The molecule has 164 valence electrons. The Morgan fingerprint density at radius 1 is 0.714 bits per heavy atom. The Hall–Kier alpha value is -0.473. The number of alkyl halides is 14. The SMILES string of the molecule is O=S(=O)([O-])C(F)(F)C(F)(F)C(F)(F)C(F)(F)C(F)(F)C(F)CCC(F)(F)F.[Li+]. The predicted octanol–water partition coefficient (Wildman–Crippen LogP) is 1.35. The molecule has 0 amide bonds. The molecule has 0 aliphatic carbocycles. The van der Waals surface area contributed by atoms with E-state index in [-0.39, 0.29) is 18.9 Å². The van der Waals surface area contributed by atoms with Crippen LogP contribution in [0.25, 0.3) is 0 Å². The molecule has 0 N–H and O–H groups in total. The summed E-state index contributed by atoms with van der Waals surface area (Å²) in [5.74, 6) is -31.0. The fraction of sp³-hybridized carbons (Fsp3) is 1.00. The minimum absolute atomic E-state index is 0. The van der Waals surface area contributed by atoms with Gasteiger partial charge in [-0.3, -0.25) is 0 Å². The summed E-state index contributed by atoms with van der Waals surface area (Å²) in [7, 11) is -7.83. The number of rotatable bonds is 8. The van der Waals surface area contributed by atoms with Crippen molar-refractivity contribution in [3.63, 3.8) is 0 Å². The fourth-order valence-corrected chi connectivity index (χ4v) is 1.86. The zero-order valence-corrected chi connectivity index (χ0v) is 13.7. The predicted molar refractivity (Wildman–Crippen MR) is 54.6 cm³/mol. The maximum atomic E-state index is 13.1. The molecule has 1 unspecified atom stereocenters. The van der Waals surface area contributed by atoms with Crippen LogP contribution >= 0.6 is 0 Å². The summed E-state index contributed by atoms with van der Waals surface area (Å²) in [5.41, 5.74) is 0. The molecule has 0 aromatic rings. The molecule has 0 bridgehead atoms. The van der Waals surface area contributed by atoms with Crippen LogP contribution in [0.15, 0.2) is 0 Å². The second-order valence-corrected chi connectivity index (χ2v) is 6.36. The van der Waals surface area contributed by atoms with Crippen molar-refractivity contribution in [2.75, 3.05) is 0 Å². The molecule has 0 spiro atoms. The van der Waals surface area contributed by atoms with Crippen molar-refractivity contribution < 1.29 is 93.3 Å². The standard InChI is InChI=1S/C9H6F14O3S.Li/c10-3(1-2-4(11,12)13)5(14,15)6(16,17)7(18,19)8(20,21)9(22,23)27(24,25)26;/h3H,1-2H2,(H,24,25,26);/q;+1/p-1. The van der Waals surface area contributed by atoms with Gasteiger partial charge in [-0.25, -0.2) is 12.8 Å². The van der Waals surface area contributed by atoms with E-state index in [4.69, 9.17) is 0 Å². The molecule has 0 aromatic heterocycles. The molecule has 0 rings (SSSR count). The van der Waals surface area contributed by atoms with Crippen LogP contribution in [0.4, 0.5) is 61.5 Å². The Balaban J connectivity index is 0. The van der Waals surface area contributed by atoms with Crippen molar-refractivity contribution in [1.82, 2.24) is 0 Å². The third-order valence-electron chi connectivity index (χ3n) is 2.96. The van der Waals surface area contributed by atoms with Gasteiger partial charge in [0.2, 0.25) is 0 Å². The first-order valence-corrected chi connectivity index (χ1v) is 7.34. The molecule has 0 aliphatic rings. The number of hydrogen-bond donors (Lipinski definition) is 0. The van der Waals surface area contributed by atoms with Crippen molar-refractivity contribution in [1.29, 1.82) is 0 Å². The summed E-state index contributed by atoms with van der Waals surface area (Å²) in [6.45, 7) is 0. The smallest absolute Gasteiger partial charge is 0.743 e. The van der Waals surface area contributed by atoms with E-state index in [0.717, 1.165) is 0 Å². The fourth-order valence-electron chi connectivity index (χ4n) is 1.41. The van der Waals surface area contributed by atoms with Crippen LogP contribution in [0.3, 0.4) is 0 Å². The first kappa shape index (κ1) is 29.7. The third-order valence-corrected chi connectivity index (χ3v) is 3.85. The monoisotopic (exact) mass is 466 g/mol. The van der Waals surface area contributed by atoms with Crippen molar-refractivity contribution in [3.05, 3.63) is 0 Å². The van der Waals surface area contributed by atoms with Gasteiger partial charge in [-0.1, -0.05) is 0 Å². The van der Waals surface area contributed by atoms with Gasteiger partial charge in [0, 0.05) is 6.42 Å². The van der Waals surface area contributed by atoms with Crippen LogP contribution < -0.4 is 18.9 Å². The largest absolute Gasteiger partial charge is 1.00 e. The van der Waals surface area contributed by atoms with Crippen molar-refractivity contribution >= 4 is 10.1 Å². The van der Waals surface area contributed by atoms with Crippen LogP contribution in [-0.4, -0.2) is 54.3 Å². The molecule has 0 saturated carbocycles. The quantitative estimate of drug-likeness (QED) is 0.309. The minimum Gasteiger partial charge on any atom is -0.743 e. The van der Waals surface area contributed by atoms with Crippen molar-refractivity contribution in [3.8, 4) is 0 Å². The van der Waals surface area contributed by atoms with Gasteiger partial charge in [0.15, 0.2) is 16.3 Å². The topological polar surface area (TPSA) is 57.2 Å². The van der Waals surface area contributed by atoms with E-state index in [0.29, 0.717) is 0 Å². The van der Waals surface area contributed by atoms with Gasteiger partial charge in [-0.2, -0.15) is 57.1 Å². The first-order valence-electron chi connectivity index (χ1n) is 5.93. The van der Waals surface area contributed by atoms with Gasteiger partial charge in [-0.05, 0) is 6.42 Å². The molecular formula is C9H5F14LiO3S. The molecule has 0 radical (unpaired) electrons. The summed E-state index contributed by atoms with van der Waals surface area (Å²) in [6.07, 6.45) is -15.7. The van der Waals surface area contributed by atoms with Crippen LogP contribution in [0.5, 0.6) is 0 Å². The molecule has 28 heavy (non-hydrogen) atoms. The van der Waals surface area contributed by atoms with Gasteiger partial charge < -0.3 is 4.55 Å². The van der Waals surface area contributed by atoms with Crippen LogP contribution in [0.2, 0.25) is 0 Å². The summed E-state index contributed by atoms with van der Waals surface area (Å²) >= 11 is 0. The van der Waals surface area contributed by atoms with Gasteiger partial charge in [0.05, 0.1) is 0 Å². The van der Waals surface area contributed by atoms with Gasteiger partial charge in [-0.15, -0.1) is 0 Å². The first-order chi connectivity index (χ1) is 11.4. The minimum atomic E-state index is -8.09. The number of hydrogen-bond acceptors (Lipinski definition) is 3. The zero-order valence-electron chi connectivity index (χ0n) is 12.9. The Morgan fingerprint density at radius 3 is 1.36 bits per heavy atom. The van der Waals surface area contributed by atoms with Gasteiger partial charge in [0.25, 0.3) is 0 Å². The van der Waals surface area contributed by atoms with E-state index in [1.165, 1.54) is 0 Å². The Labute approximate surface area is 158 Å². The molecule has 0 saturated heterocycles. The maximum absolute atomic E-state index is 13.1. The van der Waals surface area contributed by atoms with E-state index < -0.39 is 64.3 Å². The van der Waals surface area contributed by atoms with E-state index in [2.05, 4.69) is 0 Å². The van der Waals surface area contributed by atoms with Crippen molar-refractivity contribution in [2.24, 2.45) is 0 Å². The molecule has 0 heterocycles. The Bertz CT molecular complexity index is 643. The summed E-state index contributed by atoms with van der Waals surface area (Å²) in [4.78, 5) is 0. The second-order valence-electron chi connectivity index (χ2n) is 4.94. The van der Waals surface area contributed by atoms with E-state index in [1.54, 1.807) is 0 Å². The van der Waals surface area contributed by atoms with E-state index >= 15 is 0 Å². The molecule has 19 heteroatoms. The molecular weight excluding hydrogens is 461 g/mol. The third kappa shape index (κ3) is 4.81. The van der Waals surface area contributed by atoms with Crippen molar-refractivity contribution in [2.45, 2.75) is 54.1 Å². The van der Waals surface area contributed by atoms with E-state index in [1.807, 2.05) is 0 Å².